The Kier molecular flexibility index (Phi) is 5.94. The van der Waals surface area contributed by atoms with Crippen molar-refractivity contribution in [1.82, 2.24) is 15.1 Å². The van der Waals surface area contributed by atoms with E-state index in [2.05, 4.69) is 17.3 Å². The SMILES string of the molecule is CCC(CCO)NCc1c(C)nn(-c2ccc(F)cc2)c1Cl. The molecule has 0 aliphatic rings. The molecule has 120 valence electrons. The summed E-state index contributed by atoms with van der Waals surface area (Å²) >= 11 is 6.42. The lowest BCUT2D eigenvalue weighted by Gasteiger charge is -2.15. The van der Waals surface area contributed by atoms with Crippen LogP contribution in [0.2, 0.25) is 5.15 Å². The Bertz CT molecular complexity index is 613. The highest BCUT2D eigenvalue weighted by molar-refractivity contribution is 6.30. The first-order chi connectivity index (χ1) is 10.6. The van der Waals surface area contributed by atoms with Crippen LogP contribution in [0.5, 0.6) is 0 Å². The van der Waals surface area contributed by atoms with Crippen molar-refractivity contribution >= 4 is 11.6 Å². The Hall–Kier alpha value is -1.43. The lowest BCUT2D eigenvalue weighted by atomic mass is 10.1. The minimum Gasteiger partial charge on any atom is -0.396 e. The van der Waals surface area contributed by atoms with Crippen LogP contribution in [0.25, 0.3) is 5.69 Å². The van der Waals surface area contributed by atoms with Gasteiger partial charge in [0.2, 0.25) is 0 Å². The molecule has 0 saturated carbocycles. The second-order valence-corrected chi connectivity index (χ2v) is 5.60. The number of nitrogens with one attached hydrogen (secondary N) is 1. The zero-order chi connectivity index (χ0) is 16.1. The highest BCUT2D eigenvalue weighted by Gasteiger charge is 2.15. The minimum atomic E-state index is -0.291. The van der Waals surface area contributed by atoms with Crippen LogP contribution < -0.4 is 5.32 Å². The second-order valence-electron chi connectivity index (χ2n) is 5.24. The molecule has 1 heterocycles. The predicted molar refractivity (Wildman–Crippen MR) is 85.9 cm³/mol. The number of rotatable bonds is 7. The van der Waals surface area contributed by atoms with Gasteiger partial charge in [-0.1, -0.05) is 18.5 Å². The monoisotopic (exact) mass is 325 g/mol. The van der Waals surface area contributed by atoms with Crippen LogP contribution in [0.3, 0.4) is 0 Å². The number of nitrogens with zero attached hydrogens (tertiary/aromatic N) is 2. The van der Waals surface area contributed by atoms with E-state index in [4.69, 9.17) is 16.7 Å². The minimum absolute atomic E-state index is 0.160. The van der Waals surface area contributed by atoms with Gasteiger partial charge in [0.15, 0.2) is 0 Å². The van der Waals surface area contributed by atoms with Crippen molar-refractivity contribution in [3.05, 3.63) is 46.5 Å². The van der Waals surface area contributed by atoms with Crippen LogP contribution in [0.15, 0.2) is 24.3 Å². The number of halogens is 2. The Morgan fingerprint density at radius 2 is 2.05 bits per heavy atom. The summed E-state index contributed by atoms with van der Waals surface area (Å²) in [4.78, 5) is 0. The van der Waals surface area contributed by atoms with Gasteiger partial charge < -0.3 is 10.4 Å². The number of hydrogen-bond donors (Lipinski definition) is 2. The lowest BCUT2D eigenvalue weighted by molar-refractivity contribution is 0.262. The molecule has 2 N–H and O–H groups in total. The molecule has 0 radical (unpaired) electrons. The summed E-state index contributed by atoms with van der Waals surface area (Å²) in [5.41, 5.74) is 2.48. The van der Waals surface area contributed by atoms with Gasteiger partial charge in [0.25, 0.3) is 0 Å². The summed E-state index contributed by atoms with van der Waals surface area (Å²) in [6.07, 6.45) is 1.64. The molecule has 1 aromatic carbocycles. The number of aromatic nitrogens is 2. The maximum atomic E-state index is 13.0. The van der Waals surface area contributed by atoms with Gasteiger partial charge in [-0.3, -0.25) is 0 Å². The van der Waals surface area contributed by atoms with Gasteiger partial charge in [0.1, 0.15) is 11.0 Å². The van der Waals surface area contributed by atoms with E-state index in [1.165, 1.54) is 12.1 Å². The van der Waals surface area contributed by atoms with E-state index in [1.807, 2.05) is 6.92 Å². The molecule has 0 bridgehead atoms. The first-order valence-electron chi connectivity index (χ1n) is 7.41. The van der Waals surface area contributed by atoms with Crippen LogP contribution in [0.1, 0.15) is 31.0 Å². The van der Waals surface area contributed by atoms with Crippen LogP contribution >= 0.6 is 11.6 Å². The first kappa shape index (κ1) is 16.9. The fourth-order valence-electron chi connectivity index (χ4n) is 2.34. The third-order valence-electron chi connectivity index (χ3n) is 3.73. The quantitative estimate of drug-likeness (QED) is 0.821. The maximum absolute atomic E-state index is 13.0. The molecule has 2 aromatic rings. The first-order valence-corrected chi connectivity index (χ1v) is 7.78. The van der Waals surface area contributed by atoms with E-state index in [-0.39, 0.29) is 18.5 Å². The molecule has 0 spiro atoms. The summed E-state index contributed by atoms with van der Waals surface area (Å²) < 4.78 is 14.6. The number of hydrogen-bond acceptors (Lipinski definition) is 3. The molecular formula is C16H21ClFN3O. The van der Waals surface area contributed by atoms with Crippen molar-refractivity contribution in [1.29, 1.82) is 0 Å². The smallest absolute Gasteiger partial charge is 0.137 e. The standard InChI is InChI=1S/C16H21ClFN3O/c1-3-13(8-9-22)19-10-15-11(2)20-21(16(15)17)14-6-4-12(18)5-7-14/h4-7,13,19,22H,3,8-10H2,1-2H3. The normalized spacial score (nSPS) is 12.6. The van der Waals surface area contributed by atoms with E-state index < -0.39 is 0 Å². The average Bonchev–Trinajstić information content (AvgIpc) is 2.79. The third-order valence-corrected chi connectivity index (χ3v) is 4.12. The Labute approximate surface area is 134 Å². The van der Waals surface area contributed by atoms with E-state index >= 15 is 0 Å². The maximum Gasteiger partial charge on any atom is 0.137 e. The van der Waals surface area contributed by atoms with Gasteiger partial charge in [0, 0.05) is 24.8 Å². The summed E-state index contributed by atoms with van der Waals surface area (Å²) in [7, 11) is 0. The van der Waals surface area contributed by atoms with Gasteiger partial charge in [-0.15, -0.1) is 0 Å². The van der Waals surface area contributed by atoms with Gasteiger partial charge in [0.05, 0.1) is 11.4 Å². The number of aryl methyl sites for hydroxylation is 1. The van der Waals surface area contributed by atoms with Gasteiger partial charge >= 0.3 is 0 Å². The van der Waals surface area contributed by atoms with E-state index in [1.54, 1.807) is 16.8 Å². The fourth-order valence-corrected chi connectivity index (χ4v) is 2.68. The molecule has 22 heavy (non-hydrogen) atoms. The van der Waals surface area contributed by atoms with Crippen molar-refractivity contribution in [2.24, 2.45) is 0 Å². The summed E-state index contributed by atoms with van der Waals surface area (Å²) in [6.45, 7) is 4.72. The molecule has 1 unspecified atom stereocenters. The Morgan fingerprint density at radius 3 is 2.64 bits per heavy atom. The van der Waals surface area contributed by atoms with E-state index in [9.17, 15) is 4.39 Å². The molecule has 0 saturated heterocycles. The summed E-state index contributed by atoms with van der Waals surface area (Å²) in [5.74, 6) is -0.291. The van der Waals surface area contributed by atoms with Crippen molar-refractivity contribution in [2.45, 2.75) is 39.3 Å². The lowest BCUT2D eigenvalue weighted by Crippen LogP contribution is -2.29. The number of aliphatic hydroxyl groups is 1. The molecule has 0 fully saturated rings. The molecule has 1 atom stereocenters. The van der Waals surface area contributed by atoms with Gasteiger partial charge in [-0.05, 0) is 44.0 Å². The largest absolute Gasteiger partial charge is 0.396 e. The third kappa shape index (κ3) is 3.85. The van der Waals surface area contributed by atoms with Crippen molar-refractivity contribution in [3.8, 4) is 5.69 Å². The molecule has 0 aliphatic heterocycles. The van der Waals surface area contributed by atoms with Crippen LogP contribution in [-0.2, 0) is 6.54 Å². The van der Waals surface area contributed by atoms with Crippen LogP contribution in [0, 0.1) is 12.7 Å². The Balaban J connectivity index is 2.18. The fraction of sp³-hybridized carbons (Fsp3) is 0.438. The zero-order valence-electron chi connectivity index (χ0n) is 12.8. The van der Waals surface area contributed by atoms with Crippen molar-refractivity contribution in [2.75, 3.05) is 6.61 Å². The van der Waals surface area contributed by atoms with Crippen LogP contribution in [0.4, 0.5) is 4.39 Å². The molecule has 0 aliphatic carbocycles. The molecule has 0 amide bonds. The summed E-state index contributed by atoms with van der Waals surface area (Å²) in [6, 6.07) is 6.30. The van der Waals surface area contributed by atoms with Gasteiger partial charge in [-0.25, -0.2) is 9.07 Å². The topological polar surface area (TPSA) is 50.1 Å². The van der Waals surface area contributed by atoms with Crippen molar-refractivity contribution < 1.29 is 9.50 Å². The predicted octanol–water partition coefficient (Wildman–Crippen LogP) is 3.22. The summed E-state index contributed by atoms with van der Waals surface area (Å²) in [5, 5.41) is 17.4. The molecule has 2 rings (SSSR count). The molecule has 1 aromatic heterocycles. The average molecular weight is 326 g/mol. The van der Waals surface area contributed by atoms with E-state index in [0.717, 1.165) is 23.4 Å². The number of aliphatic hydroxyl groups excluding tert-OH is 1. The molecule has 4 nitrogen and oxygen atoms in total. The highest BCUT2D eigenvalue weighted by Crippen LogP contribution is 2.23. The van der Waals surface area contributed by atoms with E-state index in [0.29, 0.717) is 18.1 Å². The van der Waals surface area contributed by atoms with Gasteiger partial charge in [-0.2, -0.15) is 5.10 Å². The number of benzene rings is 1. The second kappa shape index (κ2) is 7.72. The Morgan fingerprint density at radius 1 is 1.36 bits per heavy atom. The molecule has 6 heteroatoms. The van der Waals surface area contributed by atoms with Crippen molar-refractivity contribution in [3.63, 3.8) is 0 Å². The van der Waals surface area contributed by atoms with Crippen LogP contribution in [-0.4, -0.2) is 27.5 Å². The zero-order valence-corrected chi connectivity index (χ0v) is 13.6. The highest BCUT2D eigenvalue weighted by atomic mass is 35.5. The molecular weight excluding hydrogens is 305 g/mol.